The third kappa shape index (κ3) is 2.35. The Morgan fingerprint density at radius 2 is 1.95 bits per heavy atom. The van der Waals surface area contributed by atoms with Crippen molar-refractivity contribution in [1.82, 2.24) is 14.8 Å². The van der Waals surface area contributed by atoms with E-state index in [1.165, 1.54) is 12.1 Å². The molecule has 0 amide bonds. The van der Waals surface area contributed by atoms with Gasteiger partial charge in [-0.15, -0.1) is 0 Å². The number of aromatic nitrogens is 3. The molecule has 0 N–H and O–H groups in total. The van der Waals surface area contributed by atoms with E-state index < -0.39 is 0 Å². The first-order chi connectivity index (χ1) is 9.13. The quantitative estimate of drug-likeness (QED) is 0.828. The Bertz CT molecular complexity index is 568. The van der Waals surface area contributed by atoms with Crippen molar-refractivity contribution in [2.45, 2.75) is 26.3 Å². The monoisotopic (exact) mass is 256 g/mol. The number of nitrogens with zero attached hydrogens (tertiary/aromatic N) is 4. The van der Waals surface area contributed by atoms with E-state index in [9.17, 15) is 0 Å². The van der Waals surface area contributed by atoms with E-state index in [0.29, 0.717) is 0 Å². The van der Waals surface area contributed by atoms with Crippen LogP contribution in [0.1, 0.15) is 19.2 Å². The van der Waals surface area contributed by atoms with Crippen molar-refractivity contribution in [1.29, 1.82) is 0 Å². The van der Waals surface area contributed by atoms with Gasteiger partial charge in [-0.1, -0.05) is 6.92 Å². The van der Waals surface area contributed by atoms with Gasteiger partial charge in [0.25, 0.3) is 0 Å². The molecule has 2 heterocycles. The van der Waals surface area contributed by atoms with E-state index in [2.05, 4.69) is 50.9 Å². The average Bonchev–Trinajstić information content (AvgIpc) is 2.81. The Kier molecular flexibility index (Phi) is 3.01. The summed E-state index contributed by atoms with van der Waals surface area (Å²) in [5.74, 6) is 2.71. The number of hydrogen-bond donors (Lipinski definition) is 0. The van der Waals surface area contributed by atoms with Crippen molar-refractivity contribution in [3.63, 3.8) is 0 Å². The fourth-order valence-electron chi connectivity index (χ4n) is 2.49. The molecule has 0 saturated heterocycles. The minimum Gasteiger partial charge on any atom is -0.378 e. The SMILES string of the molecule is CC1CCn2nc(-c3ccc(N(C)C)cc3)nc2C1. The molecule has 0 saturated carbocycles. The predicted molar refractivity (Wildman–Crippen MR) is 77.3 cm³/mol. The van der Waals surface area contributed by atoms with Crippen LogP contribution < -0.4 is 4.90 Å². The van der Waals surface area contributed by atoms with Crippen LogP contribution in [0.15, 0.2) is 24.3 Å². The van der Waals surface area contributed by atoms with Crippen LogP contribution in [0.4, 0.5) is 5.69 Å². The molecule has 1 aromatic carbocycles. The zero-order chi connectivity index (χ0) is 13.4. The maximum Gasteiger partial charge on any atom is 0.181 e. The highest BCUT2D eigenvalue weighted by Gasteiger charge is 2.19. The fourth-order valence-corrected chi connectivity index (χ4v) is 2.49. The van der Waals surface area contributed by atoms with Gasteiger partial charge in [0.1, 0.15) is 5.82 Å². The molecule has 1 aromatic heterocycles. The molecule has 1 aliphatic heterocycles. The second-order valence-corrected chi connectivity index (χ2v) is 5.61. The Hall–Kier alpha value is -1.84. The number of rotatable bonds is 2. The summed E-state index contributed by atoms with van der Waals surface area (Å²) in [6.45, 7) is 3.28. The second kappa shape index (κ2) is 4.68. The van der Waals surface area contributed by atoms with Gasteiger partial charge >= 0.3 is 0 Å². The first kappa shape index (κ1) is 12.2. The smallest absolute Gasteiger partial charge is 0.181 e. The van der Waals surface area contributed by atoms with Crippen molar-refractivity contribution in [3.05, 3.63) is 30.1 Å². The molecular formula is C15H20N4. The summed E-state index contributed by atoms with van der Waals surface area (Å²) in [6.07, 6.45) is 2.25. The lowest BCUT2D eigenvalue weighted by Crippen LogP contribution is -2.18. The van der Waals surface area contributed by atoms with Crippen molar-refractivity contribution >= 4 is 5.69 Å². The number of fused-ring (bicyclic) bond motifs is 1. The van der Waals surface area contributed by atoms with E-state index in [-0.39, 0.29) is 0 Å². The Labute approximate surface area is 114 Å². The van der Waals surface area contributed by atoms with Gasteiger partial charge in [0.2, 0.25) is 0 Å². The lowest BCUT2D eigenvalue weighted by molar-refractivity contribution is 0.386. The van der Waals surface area contributed by atoms with Crippen LogP contribution in [0.3, 0.4) is 0 Å². The molecule has 0 bridgehead atoms. The molecule has 0 aliphatic carbocycles. The summed E-state index contributed by atoms with van der Waals surface area (Å²) in [5, 5.41) is 4.62. The summed E-state index contributed by atoms with van der Waals surface area (Å²) in [5.41, 5.74) is 2.29. The molecule has 100 valence electrons. The first-order valence-electron chi connectivity index (χ1n) is 6.85. The molecule has 1 unspecified atom stereocenters. The number of benzene rings is 1. The normalized spacial score (nSPS) is 18.2. The van der Waals surface area contributed by atoms with Gasteiger partial charge in [-0.3, -0.25) is 0 Å². The van der Waals surface area contributed by atoms with Gasteiger partial charge < -0.3 is 4.90 Å². The summed E-state index contributed by atoms with van der Waals surface area (Å²) in [6, 6.07) is 8.41. The highest BCUT2D eigenvalue weighted by atomic mass is 15.3. The first-order valence-corrected chi connectivity index (χ1v) is 6.85. The predicted octanol–water partition coefficient (Wildman–Crippen LogP) is 2.59. The average molecular weight is 256 g/mol. The topological polar surface area (TPSA) is 34.0 Å². The van der Waals surface area contributed by atoms with Crippen LogP contribution in [0, 0.1) is 5.92 Å². The molecule has 1 aliphatic rings. The van der Waals surface area contributed by atoms with Gasteiger partial charge in [0, 0.05) is 38.3 Å². The van der Waals surface area contributed by atoms with Gasteiger partial charge in [-0.25, -0.2) is 9.67 Å². The fraction of sp³-hybridized carbons (Fsp3) is 0.467. The van der Waals surface area contributed by atoms with Crippen LogP contribution in [-0.4, -0.2) is 28.9 Å². The standard InChI is InChI=1S/C15H20N4/c1-11-8-9-19-14(10-11)16-15(17-19)12-4-6-13(7-5-12)18(2)3/h4-7,11H,8-10H2,1-3H3. The molecule has 4 heteroatoms. The molecule has 3 rings (SSSR count). The highest BCUT2D eigenvalue weighted by Crippen LogP contribution is 2.23. The summed E-state index contributed by atoms with van der Waals surface area (Å²) >= 11 is 0. The zero-order valence-corrected chi connectivity index (χ0v) is 11.8. The van der Waals surface area contributed by atoms with Crippen molar-refractivity contribution in [3.8, 4) is 11.4 Å². The van der Waals surface area contributed by atoms with E-state index in [0.717, 1.165) is 36.1 Å². The summed E-state index contributed by atoms with van der Waals surface area (Å²) < 4.78 is 2.06. The van der Waals surface area contributed by atoms with Crippen molar-refractivity contribution < 1.29 is 0 Å². The Balaban J connectivity index is 1.90. The van der Waals surface area contributed by atoms with E-state index >= 15 is 0 Å². The molecule has 0 radical (unpaired) electrons. The van der Waals surface area contributed by atoms with Crippen LogP contribution in [0.2, 0.25) is 0 Å². The Morgan fingerprint density at radius 1 is 1.21 bits per heavy atom. The number of anilines is 1. The molecule has 0 spiro atoms. The highest BCUT2D eigenvalue weighted by molar-refractivity contribution is 5.60. The van der Waals surface area contributed by atoms with Crippen molar-refractivity contribution in [2.75, 3.05) is 19.0 Å². The third-order valence-electron chi connectivity index (χ3n) is 3.75. The maximum absolute atomic E-state index is 4.68. The lowest BCUT2D eigenvalue weighted by atomic mass is 10.0. The summed E-state index contributed by atoms with van der Waals surface area (Å²) in [4.78, 5) is 6.78. The molecule has 19 heavy (non-hydrogen) atoms. The van der Waals surface area contributed by atoms with Crippen LogP contribution in [0.25, 0.3) is 11.4 Å². The minimum atomic E-state index is 0.723. The molecule has 4 nitrogen and oxygen atoms in total. The van der Waals surface area contributed by atoms with Crippen LogP contribution in [-0.2, 0) is 13.0 Å². The molecular weight excluding hydrogens is 236 g/mol. The second-order valence-electron chi connectivity index (χ2n) is 5.61. The van der Waals surface area contributed by atoms with E-state index in [4.69, 9.17) is 0 Å². The van der Waals surface area contributed by atoms with Gasteiger partial charge in [-0.2, -0.15) is 5.10 Å². The van der Waals surface area contributed by atoms with E-state index in [1.54, 1.807) is 0 Å². The molecule has 2 aromatic rings. The zero-order valence-electron chi connectivity index (χ0n) is 11.8. The molecule has 0 fully saturated rings. The number of aryl methyl sites for hydroxylation is 1. The Morgan fingerprint density at radius 3 is 2.63 bits per heavy atom. The van der Waals surface area contributed by atoms with Crippen LogP contribution >= 0.6 is 0 Å². The maximum atomic E-state index is 4.68. The largest absolute Gasteiger partial charge is 0.378 e. The summed E-state index contributed by atoms with van der Waals surface area (Å²) in [7, 11) is 4.09. The van der Waals surface area contributed by atoms with Crippen LogP contribution in [0.5, 0.6) is 0 Å². The van der Waals surface area contributed by atoms with Gasteiger partial charge in [0.15, 0.2) is 5.82 Å². The van der Waals surface area contributed by atoms with Gasteiger partial charge in [-0.05, 0) is 36.6 Å². The minimum absolute atomic E-state index is 0.723. The third-order valence-corrected chi connectivity index (χ3v) is 3.75. The van der Waals surface area contributed by atoms with Crippen molar-refractivity contribution in [2.24, 2.45) is 5.92 Å². The number of hydrogen-bond acceptors (Lipinski definition) is 3. The molecule has 1 atom stereocenters. The van der Waals surface area contributed by atoms with E-state index in [1.807, 2.05) is 14.1 Å². The lowest BCUT2D eigenvalue weighted by Gasteiger charge is -2.17. The van der Waals surface area contributed by atoms with Gasteiger partial charge in [0.05, 0.1) is 0 Å².